The first kappa shape index (κ1) is 16.2. The normalized spacial score (nSPS) is 12.1. The summed E-state index contributed by atoms with van der Waals surface area (Å²) in [5, 5.41) is 14.7. The van der Waals surface area contributed by atoms with Crippen molar-refractivity contribution in [2.75, 3.05) is 11.9 Å². The SMILES string of the molecule is CC(=O)Nc1ccc(C(=O)NC(CO)CC(C)C)cc1. The van der Waals surface area contributed by atoms with Gasteiger partial charge in [-0.2, -0.15) is 0 Å². The van der Waals surface area contributed by atoms with Crippen LogP contribution in [0.25, 0.3) is 0 Å². The lowest BCUT2D eigenvalue weighted by Crippen LogP contribution is -2.38. The summed E-state index contributed by atoms with van der Waals surface area (Å²) < 4.78 is 0. The number of carbonyl (C=O) groups is 2. The average molecular weight is 278 g/mol. The lowest BCUT2D eigenvalue weighted by atomic mass is 10.0. The molecule has 0 heterocycles. The molecule has 5 nitrogen and oxygen atoms in total. The van der Waals surface area contributed by atoms with Crippen LogP contribution in [0.5, 0.6) is 0 Å². The second-order valence-electron chi connectivity index (χ2n) is 5.24. The highest BCUT2D eigenvalue weighted by molar-refractivity contribution is 5.95. The van der Waals surface area contributed by atoms with Crippen LogP contribution in [-0.2, 0) is 4.79 Å². The fourth-order valence-electron chi connectivity index (χ4n) is 1.93. The topological polar surface area (TPSA) is 78.4 Å². The van der Waals surface area contributed by atoms with E-state index in [1.165, 1.54) is 6.92 Å². The van der Waals surface area contributed by atoms with E-state index in [9.17, 15) is 14.7 Å². The van der Waals surface area contributed by atoms with Crippen molar-refractivity contribution in [3.8, 4) is 0 Å². The first-order valence-electron chi connectivity index (χ1n) is 6.71. The van der Waals surface area contributed by atoms with Crippen LogP contribution in [0.3, 0.4) is 0 Å². The van der Waals surface area contributed by atoms with Gasteiger partial charge in [0, 0.05) is 18.2 Å². The Morgan fingerprint density at radius 1 is 1.20 bits per heavy atom. The number of amides is 2. The van der Waals surface area contributed by atoms with Gasteiger partial charge < -0.3 is 15.7 Å². The molecule has 0 spiro atoms. The summed E-state index contributed by atoms with van der Waals surface area (Å²) >= 11 is 0. The van der Waals surface area contributed by atoms with Crippen molar-refractivity contribution in [1.82, 2.24) is 5.32 Å². The number of nitrogens with one attached hydrogen (secondary N) is 2. The molecular formula is C15H22N2O3. The molecule has 3 N–H and O–H groups in total. The van der Waals surface area contributed by atoms with E-state index >= 15 is 0 Å². The Hall–Kier alpha value is -1.88. The van der Waals surface area contributed by atoms with Crippen molar-refractivity contribution in [1.29, 1.82) is 0 Å². The number of hydrogen-bond donors (Lipinski definition) is 3. The summed E-state index contributed by atoms with van der Waals surface area (Å²) in [4.78, 5) is 22.9. The van der Waals surface area contributed by atoms with Crippen molar-refractivity contribution in [2.45, 2.75) is 33.2 Å². The highest BCUT2D eigenvalue weighted by Gasteiger charge is 2.14. The predicted octanol–water partition coefficient (Wildman–Crippen LogP) is 1.78. The molecule has 2 amide bonds. The molecule has 0 aliphatic heterocycles. The molecule has 0 fully saturated rings. The molecule has 1 aromatic carbocycles. The van der Waals surface area contributed by atoms with E-state index in [-0.39, 0.29) is 24.5 Å². The van der Waals surface area contributed by atoms with Crippen LogP contribution >= 0.6 is 0 Å². The molecule has 20 heavy (non-hydrogen) atoms. The van der Waals surface area contributed by atoms with Crippen LogP contribution in [0, 0.1) is 5.92 Å². The Morgan fingerprint density at radius 2 is 1.80 bits per heavy atom. The molecule has 0 radical (unpaired) electrons. The Balaban J connectivity index is 2.65. The van der Waals surface area contributed by atoms with E-state index in [0.717, 1.165) is 6.42 Å². The van der Waals surface area contributed by atoms with Crippen molar-refractivity contribution in [2.24, 2.45) is 5.92 Å². The summed E-state index contributed by atoms with van der Waals surface area (Å²) in [6, 6.07) is 6.39. The molecule has 1 aromatic rings. The van der Waals surface area contributed by atoms with Crippen LogP contribution in [0.15, 0.2) is 24.3 Å². The average Bonchev–Trinajstić information content (AvgIpc) is 2.37. The third kappa shape index (κ3) is 5.40. The monoisotopic (exact) mass is 278 g/mol. The van der Waals surface area contributed by atoms with Gasteiger partial charge in [-0.3, -0.25) is 9.59 Å². The summed E-state index contributed by atoms with van der Waals surface area (Å²) in [6.45, 7) is 5.43. The van der Waals surface area contributed by atoms with E-state index < -0.39 is 0 Å². The second kappa shape index (κ2) is 7.65. The first-order chi connectivity index (χ1) is 9.42. The van der Waals surface area contributed by atoms with Gasteiger partial charge in [0.15, 0.2) is 0 Å². The Bertz CT molecular complexity index is 455. The second-order valence-corrected chi connectivity index (χ2v) is 5.24. The summed E-state index contributed by atoms with van der Waals surface area (Å²) in [7, 11) is 0. The summed E-state index contributed by atoms with van der Waals surface area (Å²) in [5.41, 5.74) is 1.15. The molecule has 1 atom stereocenters. The van der Waals surface area contributed by atoms with E-state index in [1.807, 2.05) is 13.8 Å². The van der Waals surface area contributed by atoms with Crippen LogP contribution in [0.2, 0.25) is 0 Å². The number of aliphatic hydroxyl groups excluding tert-OH is 1. The molecule has 0 aliphatic rings. The van der Waals surface area contributed by atoms with Gasteiger partial charge in [0.1, 0.15) is 0 Å². The number of hydrogen-bond acceptors (Lipinski definition) is 3. The third-order valence-electron chi connectivity index (χ3n) is 2.78. The van der Waals surface area contributed by atoms with Crippen LogP contribution in [0.1, 0.15) is 37.6 Å². The van der Waals surface area contributed by atoms with Crippen LogP contribution < -0.4 is 10.6 Å². The Morgan fingerprint density at radius 3 is 2.25 bits per heavy atom. The Labute approximate surface area is 119 Å². The fourth-order valence-corrected chi connectivity index (χ4v) is 1.93. The largest absolute Gasteiger partial charge is 0.394 e. The van der Waals surface area contributed by atoms with E-state index in [0.29, 0.717) is 17.2 Å². The lowest BCUT2D eigenvalue weighted by Gasteiger charge is -2.18. The maximum atomic E-state index is 12.0. The van der Waals surface area contributed by atoms with Crippen LogP contribution in [-0.4, -0.2) is 29.6 Å². The zero-order chi connectivity index (χ0) is 15.1. The minimum Gasteiger partial charge on any atom is -0.394 e. The highest BCUT2D eigenvalue weighted by Crippen LogP contribution is 2.10. The quantitative estimate of drug-likeness (QED) is 0.742. The molecule has 0 saturated carbocycles. The fraction of sp³-hybridized carbons (Fsp3) is 0.467. The first-order valence-corrected chi connectivity index (χ1v) is 6.71. The van der Waals surface area contributed by atoms with Crippen molar-refractivity contribution in [3.63, 3.8) is 0 Å². The summed E-state index contributed by atoms with van der Waals surface area (Å²) in [5.74, 6) is 0.0214. The Kier molecular flexibility index (Phi) is 6.18. The van der Waals surface area contributed by atoms with Crippen molar-refractivity contribution >= 4 is 17.5 Å². The number of aliphatic hydroxyl groups is 1. The summed E-state index contributed by atoms with van der Waals surface area (Å²) in [6.07, 6.45) is 0.728. The number of benzene rings is 1. The van der Waals surface area contributed by atoms with E-state index in [1.54, 1.807) is 24.3 Å². The zero-order valence-electron chi connectivity index (χ0n) is 12.1. The van der Waals surface area contributed by atoms with Crippen LogP contribution in [0.4, 0.5) is 5.69 Å². The van der Waals surface area contributed by atoms with Gasteiger partial charge >= 0.3 is 0 Å². The van der Waals surface area contributed by atoms with Gasteiger partial charge in [-0.05, 0) is 36.6 Å². The molecule has 1 rings (SSSR count). The lowest BCUT2D eigenvalue weighted by molar-refractivity contribution is -0.114. The number of rotatable bonds is 6. The van der Waals surface area contributed by atoms with Gasteiger partial charge in [0.25, 0.3) is 5.91 Å². The molecule has 0 aromatic heterocycles. The number of carbonyl (C=O) groups excluding carboxylic acids is 2. The smallest absolute Gasteiger partial charge is 0.251 e. The maximum absolute atomic E-state index is 12.0. The van der Waals surface area contributed by atoms with E-state index in [2.05, 4.69) is 10.6 Å². The molecule has 5 heteroatoms. The van der Waals surface area contributed by atoms with E-state index in [4.69, 9.17) is 0 Å². The van der Waals surface area contributed by atoms with Gasteiger partial charge in [0.2, 0.25) is 5.91 Å². The maximum Gasteiger partial charge on any atom is 0.251 e. The molecule has 0 saturated heterocycles. The predicted molar refractivity (Wildman–Crippen MR) is 78.5 cm³/mol. The van der Waals surface area contributed by atoms with Gasteiger partial charge in [-0.1, -0.05) is 13.8 Å². The molecule has 0 aliphatic carbocycles. The standard InChI is InChI=1S/C15H22N2O3/c1-10(2)8-14(9-18)17-15(20)12-4-6-13(7-5-12)16-11(3)19/h4-7,10,14,18H,8-9H2,1-3H3,(H,16,19)(H,17,20). The van der Waals surface area contributed by atoms with Gasteiger partial charge in [-0.15, -0.1) is 0 Å². The highest BCUT2D eigenvalue weighted by atomic mass is 16.3. The minimum atomic E-state index is -0.238. The molecule has 1 unspecified atom stereocenters. The zero-order valence-corrected chi connectivity index (χ0v) is 12.1. The van der Waals surface area contributed by atoms with Crippen molar-refractivity contribution < 1.29 is 14.7 Å². The van der Waals surface area contributed by atoms with Crippen molar-refractivity contribution in [3.05, 3.63) is 29.8 Å². The minimum absolute atomic E-state index is 0.0755. The molecule has 110 valence electrons. The molecule has 0 bridgehead atoms. The number of anilines is 1. The molecular weight excluding hydrogens is 256 g/mol. The van der Waals surface area contributed by atoms with Gasteiger partial charge in [-0.25, -0.2) is 0 Å². The third-order valence-corrected chi connectivity index (χ3v) is 2.78. The van der Waals surface area contributed by atoms with Gasteiger partial charge in [0.05, 0.1) is 12.6 Å².